The van der Waals surface area contributed by atoms with Gasteiger partial charge in [0.25, 0.3) is 0 Å². The second-order valence-corrected chi connectivity index (χ2v) is 14.4. The molecule has 0 aliphatic heterocycles. The van der Waals surface area contributed by atoms with Crippen molar-refractivity contribution in [2.45, 2.75) is 0 Å². The Bertz CT molecular complexity index is 2980. The van der Waals surface area contributed by atoms with Crippen molar-refractivity contribution in [3.63, 3.8) is 0 Å². The second-order valence-electron chi connectivity index (χ2n) is 13.4. The average Bonchev–Trinajstić information content (AvgIpc) is 3.87. The van der Waals surface area contributed by atoms with E-state index in [1.807, 2.05) is 23.5 Å². The van der Waals surface area contributed by atoms with Crippen molar-refractivity contribution in [1.82, 2.24) is 4.57 Å². The van der Waals surface area contributed by atoms with Gasteiger partial charge in [0.1, 0.15) is 11.2 Å². The van der Waals surface area contributed by atoms with E-state index in [2.05, 4.69) is 179 Å². The van der Waals surface area contributed by atoms with Gasteiger partial charge in [-0.25, -0.2) is 0 Å². The molecule has 0 aliphatic rings. The molecule has 0 bridgehead atoms. The van der Waals surface area contributed by atoms with Crippen molar-refractivity contribution in [3.8, 4) is 16.8 Å². The summed E-state index contributed by atoms with van der Waals surface area (Å²) in [6, 6.07) is 65.5. The largest absolute Gasteiger partial charge is 0.456 e. The Kier molecular flexibility index (Phi) is 6.42. The van der Waals surface area contributed by atoms with Crippen LogP contribution in [0.5, 0.6) is 0 Å². The van der Waals surface area contributed by atoms with Crippen molar-refractivity contribution in [3.05, 3.63) is 182 Å². The first-order chi connectivity index (χ1) is 25.8. The highest BCUT2D eigenvalue weighted by Crippen LogP contribution is 2.43. The summed E-state index contributed by atoms with van der Waals surface area (Å²) in [5.74, 6) is 0. The fraction of sp³-hybridized carbons (Fsp3) is 0. The van der Waals surface area contributed by atoms with Gasteiger partial charge < -0.3 is 13.9 Å². The van der Waals surface area contributed by atoms with Crippen molar-refractivity contribution < 1.29 is 4.42 Å². The van der Waals surface area contributed by atoms with Gasteiger partial charge in [0.05, 0.1) is 11.0 Å². The Morgan fingerprint density at radius 3 is 1.77 bits per heavy atom. The number of furan rings is 1. The molecule has 0 saturated carbocycles. The van der Waals surface area contributed by atoms with Gasteiger partial charge in [-0.1, -0.05) is 103 Å². The molecule has 3 heterocycles. The third-order valence-corrected chi connectivity index (χ3v) is 11.5. The second kappa shape index (κ2) is 11.5. The van der Waals surface area contributed by atoms with Gasteiger partial charge in [-0.2, -0.15) is 0 Å². The van der Waals surface area contributed by atoms with Crippen LogP contribution in [0, 0.1) is 0 Å². The van der Waals surface area contributed by atoms with E-state index in [1.54, 1.807) is 0 Å². The quantitative estimate of drug-likeness (QED) is 0.180. The molecule has 0 fully saturated rings. The van der Waals surface area contributed by atoms with E-state index in [9.17, 15) is 0 Å². The lowest BCUT2D eigenvalue weighted by Gasteiger charge is -2.26. The van der Waals surface area contributed by atoms with Crippen LogP contribution in [0.3, 0.4) is 0 Å². The average molecular weight is 683 g/mol. The first-order valence-corrected chi connectivity index (χ1v) is 18.4. The van der Waals surface area contributed by atoms with Gasteiger partial charge in [0, 0.05) is 70.5 Å². The van der Waals surface area contributed by atoms with Gasteiger partial charge in [-0.05, 0) is 83.9 Å². The molecule has 0 saturated heterocycles. The fourth-order valence-electron chi connectivity index (χ4n) is 7.98. The maximum Gasteiger partial charge on any atom is 0.137 e. The number of hydrogen-bond donors (Lipinski definition) is 0. The van der Waals surface area contributed by atoms with Crippen molar-refractivity contribution >= 4 is 92.3 Å². The Morgan fingerprint density at radius 1 is 0.385 bits per heavy atom. The molecule has 0 atom stereocenters. The molecule has 8 aromatic carbocycles. The molecule has 3 nitrogen and oxygen atoms in total. The number of para-hydroxylation sites is 3. The third-order valence-electron chi connectivity index (χ3n) is 10.4. The van der Waals surface area contributed by atoms with Crippen LogP contribution in [0.25, 0.3) is 80.7 Å². The van der Waals surface area contributed by atoms with Crippen LogP contribution in [0.4, 0.5) is 17.1 Å². The molecule has 0 unspecified atom stereocenters. The minimum Gasteiger partial charge on any atom is -0.456 e. The molecule has 52 heavy (non-hydrogen) atoms. The molecule has 11 aromatic rings. The number of rotatable bonds is 5. The summed E-state index contributed by atoms with van der Waals surface area (Å²) >= 11 is 1.84. The van der Waals surface area contributed by atoms with E-state index in [0.29, 0.717) is 0 Å². The molecule has 0 amide bonds. The summed E-state index contributed by atoms with van der Waals surface area (Å²) in [5.41, 5.74) is 10.9. The number of nitrogens with zero attached hydrogens (tertiary/aromatic N) is 2. The first-order valence-electron chi connectivity index (χ1n) is 17.6. The van der Waals surface area contributed by atoms with Crippen molar-refractivity contribution in [2.75, 3.05) is 4.90 Å². The van der Waals surface area contributed by atoms with Crippen LogP contribution in [0.15, 0.2) is 186 Å². The van der Waals surface area contributed by atoms with E-state index in [4.69, 9.17) is 4.42 Å². The summed E-state index contributed by atoms with van der Waals surface area (Å²) in [5, 5.41) is 7.38. The van der Waals surface area contributed by atoms with Crippen LogP contribution in [0.1, 0.15) is 0 Å². The van der Waals surface area contributed by atoms with E-state index < -0.39 is 0 Å². The lowest BCUT2D eigenvalue weighted by Crippen LogP contribution is -2.09. The topological polar surface area (TPSA) is 21.3 Å². The lowest BCUT2D eigenvalue weighted by atomic mass is 10.0. The number of anilines is 3. The van der Waals surface area contributed by atoms with E-state index in [0.717, 1.165) is 44.7 Å². The highest BCUT2D eigenvalue weighted by molar-refractivity contribution is 7.25. The summed E-state index contributed by atoms with van der Waals surface area (Å²) in [7, 11) is 0. The molecule has 3 aromatic heterocycles. The summed E-state index contributed by atoms with van der Waals surface area (Å²) < 4.78 is 11.3. The standard InChI is InChI=1S/C48H30N2OS/c1-5-16-43-37(12-1)38-13-2-6-17-44(38)50(43)34-11-9-10-32(28-34)31-20-22-33(23-21-31)49(35-24-26-40-39-14-3-7-18-45(39)51-46(40)29-35)36-25-27-42-41-15-4-8-19-47(41)52-48(42)30-36/h1-30H. The van der Waals surface area contributed by atoms with Crippen LogP contribution < -0.4 is 4.90 Å². The smallest absolute Gasteiger partial charge is 0.137 e. The fourth-order valence-corrected chi connectivity index (χ4v) is 9.12. The maximum atomic E-state index is 6.37. The SMILES string of the molecule is c1cc(-c2ccc(N(c3ccc4c(c3)oc3ccccc34)c3ccc4c(c3)sc3ccccc34)cc2)cc(-n2c3ccccc3c3ccccc32)c1. The Hall–Kier alpha value is -6.62. The third kappa shape index (κ3) is 4.51. The van der Waals surface area contributed by atoms with E-state index in [1.165, 1.54) is 53.1 Å². The molecular formula is C48H30N2OS. The van der Waals surface area contributed by atoms with Crippen LogP contribution in [-0.4, -0.2) is 4.57 Å². The number of fused-ring (bicyclic) bond motifs is 9. The van der Waals surface area contributed by atoms with Crippen molar-refractivity contribution in [1.29, 1.82) is 0 Å². The zero-order valence-corrected chi connectivity index (χ0v) is 28.8. The Balaban J connectivity index is 1.03. The van der Waals surface area contributed by atoms with Gasteiger partial charge in [0.15, 0.2) is 0 Å². The van der Waals surface area contributed by atoms with E-state index >= 15 is 0 Å². The molecular weight excluding hydrogens is 653 g/mol. The van der Waals surface area contributed by atoms with Crippen LogP contribution in [-0.2, 0) is 0 Å². The summed E-state index contributed by atoms with van der Waals surface area (Å²) in [4.78, 5) is 2.34. The lowest BCUT2D eigenvalue weighted by molar-refractivity contribution is 0.669. The Morgan fingerprint density at radius 2 is 0.981 bits per heavy atom. The molecule has 0 N–H and O–H groups in total. The summed E-state index contributed by atoms with van der Waals surface area (Å²) in [6.45, 7) is 0. The summed E-state index contributed by atoms with van der Waals surface area (Å²) in [6.07, 6.45) is 0. The van der Waals surface area contributed by atoms with Crippen LogP contribution >= 0.6 is 11.3 Å². The molecule has 0 spiro atoms. The maximum absolute atomic E-state index is 6.37. The molecule has 0 radical (unpaired) electrons. The monoisotopic (exact) mass is 682 g/mol. The highest BCUT2D eigenvalue weighted by Gasteiger charge is 2.18. The van der Waals surface area contributed by atoms with Gasteiger partial charge in [-0.3, -0.25) is 0 Å². The predicted molar refractivity (Wildman–Crippen MR) is 221 cm³/mol. The predicted octanol–water partition coefficient (Wildman–Crippen LogP) is 14.2. The normalized spacial score (nSPS) is 11.8. The minimum atomic E-state index is 0.880. The number of aromatic nitrogens is 1. The first kappa shape index (κ1) is 29.1. The zero-order valence-electron chi connectivity index (χ0n) is 28.0. The minimum absolute atomic E-state index is 0.880. The Labute approximate surface area is 303 Å². The number of benzene rings is 8. The highest BCUT2D eigenvalue weighted by atomic mass is 32.1. The molecule has 4 heteroatoms. The molecule has 0 aliphatic carbocycles. The van der Waals surface area contributed by atoms with Crippen LogP contribution in [0.2, 0.25) is 0 Å². The van der Waals surface area contributed by atoms with Crippen molar-refractivity contribution in [2.24, 2.45) is 0 Å². The molecule has 11 rings (SSSR count). The molecule has 244 valence electrons. The number of thiophene rings is 1. The van der Waals surface area contributed by atoms with Gasteiger partial charge in [-0.15, -0.1) is 11.3 Å². The van der Waals surface area contributed by atoms with Gasteiger partial charge in [0.2, 0.25) is 0 Å². The van der Waals surface area contributed by atoms with E-state index in [-0.39, 0.29) is 0 Å². The number of hydrogen-bond acceptors (Lipinski definition) is 3. The van der Waals surface area contributed by atoms with Gasteiger partial charge >= 0.3 is 0 Å². The zero-order chi connectivity index (χ0) is 34.2.